The van der Waals surface area contributed by atoms with Crippen LogP contribution in [-0.4, -0.2) is 26.8 Å². The maximum absolute atomic E-state index is 12.0. The van der Waals surface area contributed by atoms with Crippen LogP contribution in [0.3, 0.4) is 0 Å². The zero-order chi connectivity index (χ0) is 12.2. The lowest BCUT2D eigenvalue weighted by atomic mass is 10.4. The minimum atomic E-state index is -3.20. The summed E-state index contributed by atoms with van der Waals surface area (Å²) < 4.78 is 24.6. The van der Waals surface area contributed by atoms with Crippen molar-refractivity contribution in [1.82, 2.24) is 5.32 Å². The number of hydrogen-bond donors (Lipinski definition) is 1. The average molecular weight is 306 g/mol. The van der Waals surface area contributed by atoms with Gasteiger partial charge in [0.1, 0.15) is 0 Å². The lowest BCUT2D eigenvalue weighted by Crippen LogP contribution is -2.28. The molecular formula is C11H16BrNO2S. The van der Waals surface area contributed by atoms with Crippen molar-refractivity contribution in [1.29, 1.82) is 0 Å². The first kappa shape index (κ1) is 13.7. The highest BCUT2D eigenvalue weighted by atomic mass is 79.9. The molecule has 1 aromatic rings. The van der Waals surface area contributed by atoms with Crippen molar-refractivity contribution in [3.63, 3.8) is 0 Å². The zero-order valence-corrected chi connectivity index (χ0v) is 11.8. The van der Waals surface area contributed by atoms with E-state index in [9.17, 15) is 8.42 Å². The molecule has 0 fully saturated rings. The van der Waals surface area contributed by atoms with E-state index in [1.165, 1.54) is 0 Å². The molecule has 5 heteroatoms. The van der Waals surface area contributed by atoms with E-state index in [4.69, 9.17) is 0 Å². The zero-order valence-electron chi connectivity index (χ0n) is 9.40. The summed E-state index contributed by atoms with van der Waals surface area (Å²) in [5.41, 5.74) is 0. The number of benzene rings is 1. The lowest BCUT2D eigenvalue weighted by molar-refractivity contribution is 0.577. The van der Waals surface area contributed by atoms with Crippen LogP contribution in [0.2, 0.25) is 0 Å². The molecule has 0 heterocycles. The number of rotatable bonds is 5. The van der Waals surface area contributed by atoms with Crippen LogP contribution < -0.4 is 5.32 Å². The Kier molecular flexibility index (Phi) is 4.95. The molecule has 0 saturated heterocycles. The highest BCUT2D eigenvalue weighted by molar-refractivity contribution is 9.10. The molecule has 0 aliphatic heterocycles. The van der Waals surface area contributed by atoms with Gasteiger partial charge in [-0.05, 0) is 28.1 Å². The van der Waals surface area contributed by atoms with Crippen LogP contribution in [0.5, 0.6) is 0 Å². The van der Waals surface area contributed by atoms with E-state index >= 15 is 0 Å². The van der Waals surface area contributed by atoms with Gasteiger partial charge in [0.15, 0.2) is 9.84 Å². The summed E-state index contributed by atoms with van der Waals surface area (Å²) in [4.78, 5) is 0.362. The SMILES string of the molecule is CC(C)NCCS(=O)(=O)c1ccccc1Br. The van der Waals surface area contributed by atoms with E-state index in [0.717, 1.165) is 0 Å². The van der Waals surface area contributed by atoms with Crippen molar-refractivity contribution in [3.05, 3.63) is 28.7 Å². The first-order valence-electron chi connectivity index (χ1n) is 5.14. The number of sulfone groups is 1. The molecule has 0 aromatic heterocycles. The molecule has 90 valence electrons. The molecule has 3 nitrogen and oxygen atoms in total. The maximum Gasteiger partial charge on any atom is 0.180 e. The summed E-state index contributed by atoms with van der Waals surface area (Å²) in [6.07, 6.45) is 0. The predicted octanol–water partition coefficient (Wildman–Crippen LogP) is 2.22. The summed E-state index contributed by atoms with van der Waals surface area (Å²) in [5.74, 6) is 0.119. The van der Waals surface area contributed by atoms with Gasteiger partial charge in [0.2, 0.25) is 0 Å². The van der Waals surface area contributed by atoms with Gasteiger partial charge in [-0.2, -0.15) is 0 Å². The smallest absolute Gasteiger partial charge is 0.180 e. The van der Waals surface area contributed by atoms with Gasteiger partial charge in [0.05, 0.1) is 10.6 Å². The van der Waals surface area contributed by atoms with Crippen LogP contribution >= 0.6 is 15.9 Å². The van der Waals surface area contributed by atoms with Gasteiger partial charge in [-0.1, -0.05) is 26.0 Å². The van der Waals surface area contributed by atoms with Crippen LogP contribution in [0.25, 0.3) is 0 Å². The molecule has 0 radical (unpaired) electrons. The minimum absolute atomic E-state index is 0.119. The second-order valence-corrected chi connectivity index (χ2v) is 6.79. The third-order valence-electron chi connectivity index (χ3n) is 2.10. The van der Waals surface area contributed by atoms with Gasteiger partial charge in [0, 0.05) is 17.1 Å². The van der Waals surface area contributed by atoms with Crippen molar-refractivity contribution in [2.75, 3.05) is 12.3 Å². The molecule has 1 N–H and O–H groups in total. The van der Waals surface area contributed by atoms with Gasteiger partial charge in [-0.25, -0.2) is 8.42 Å². The lowest BCUT2D eigenvalue weighted by Gasteiger charge is -2.09. The van der Waals surface area contributed by atoms with E-state index < -0.39 is 9.84 Å². The largest absolute Gasteiger partial charge is 0.314 e. The molecule has 0 aliphatic carbocycles. The van der Waals surface area contributed by atoms with Crippen LogP contribution in [0.1, 0.15) is 13.8 Å². The fourth-order valence-corrected chi connectivity index (χ4v) is 3.57. The summed E-state index contributed by atoms with van der Waals surface area (Å²) in [7, 11) is -3.20. The average Bonchev–Trinajstić information content (AvgIpc) is 2.17. The topological polar surface area (TPSA) is 46.2 Å². The Balaban J connectivity index is 2.75. The third-order valence-corrected chi connectivity index (χ3v) is 4.82. The Morgan fingerprint density at radius 2 is 1.94 bits per heavy atom. The molecule has 16 heavy (non-hydrogen) atoms. The van der Waals surface area contributed by atoms with E-state index in [1.807, 2.05) is 13.8 Å². The predicted molar refractivity (Wildman–Crippen MR) is 69.3 cm³/mol. The molecular weight excluding hydrogens is 290 g/mol. The summed E-state index contributed by atoms with van der Waals surface area (Å²) >= 11 is 3.25. The highest BCUT2D eigenvalue weighted by Gasteiger charge is 2.16. The van der Waals surface area contributed by atoms with E-state index in [1.54, 1.807) is 24.3 Å². The molecule has 0 spiro atoms. The first-order valence-corrected chi connectivity index (χ1v) is 7.58. The van der Waals surface area contributed by atoms with Gasteiger partial charge in [-0.15, -0.1) is 0 Å². The summed E-state index contributed by atoms with van der Waals surface area (Å²) in [6.45, 7) is 4.46. The Morgan fingerprint density at radius 3 is 2.50 bits per heavy atom. The molecule has 0 atom stereocenters. The fraction of sp³-hybridized carbons (Fsp3) is 0.455. The summed E-state index contributed by atoms with van der Waals surface area (Å²) in [5, 5.41) is 3.10. The Hall–Kier alpha value is -0.390. The number of hydrogen-bond acceptors (Lipinski definition) is 3. The minimum Gasteiger partial charge on any atom is -0.314 e. The molecule has 0 saturated carbocycles. The molecule has 1 aromatic carbocycles. The maximum atomic E-state index is 12.0. The van der Waals surface area contributed by atoms with Crippen molar-refractivity contribution < 1.29 is 8.42 Å². The first-order chi connectivity index (χ1) is 7.43. The van der Waals surface area contributed by atoms with Crippen LogP contribution in [-0.2, 0) is 9.84 Å². The molecule has 0 bridgehead atoms. The monoisotopic (exact) mass is 305 g/mol. The summed E-state index contributed by atoms with van der Waals surface area (Å²) in [6, 6.07) is 7.19. The van der Waals surface area contributed by atoms with E-state index in [0.29, 0.717) is 22.0 Å². The Bertz CT molecular complexity index is 443. The van der Waals surface area contributed by atoms with Crippen LogP contribution in [0.4, 0.5) is 0 Å². The Labute approximate surface area is 105 Å². The quantitative estimate of drug-likeness (QED) is 0.907. The third kappa shape index (κ3) is 3.88. The van der Waals surface area contributed by atoms with Gasteiger partial charge >= 0.3 is 0 Å². The highest BCUT2D eigenvalue weighted by Crippen LogP contribution is 2.21. The number of nitrogens with one attached hydrogen (secondary N) is 1. The van der Waals surface area contributed by atoms with Gasteiger partial charge in [-0.3, -0.25) is 0 Å². The van der Waals surface area contributed by atoms with Crippen molar-refractivity contribution in [3.8, 4) is 0 Å². The van der Waals surface area contributed by atoms with Crippen molar-refractivity contribution in [2.45, 2.75) is 24.8 Å². The van der Waals surface area contributed by atoms with Crippen LogP contribution in [0.15, 0.2) is 33.6 Å². The Morgan fingerprint density at radius 1 is 1.31 bits per heavy atom. The normalized spacial score (nSPS) is 12.0. The second kappa shape index (κ2) is 5.80. The standard InChI is InChI=1S/C11H16BrNO2S/c1-9(2)13-7-8-16(14,15)11-6-4-3-5-10(11)12/h3-6,9,13H,7-8H2,1-2H3. The fourth-order valence-electron chi connectivity index (χ4n) is 1.29. The molecule has 0 aliphatic rings. The van der Waals surface area contributed by atoms with Crippen molar-refractivity contribution >= 4 is 25.8 Å². The van der Waals surface area contributed by atoms with Gasteiger partial charge < -0.3 is 5.32 Å². The second-order valence-electron chi connectivity index (χ2n) is 3.86. The molecule has 1 rings (SSSR count). The molecule has 0 amide bonds. The van der Waals surface area contributed by atoms with E-state index in [-0.39, 0.29) is 5.75 Å². The van der Waals surface area contributed by atoms with Gasteiger partial charge in [0.25, 0.3) is 0 Å². The van der Waals surface area contributed by atoms with Crippen LogP contribution in [0, 0.1) is 0 Å². The van der Waals surface area contributed by atoms with E-state index in [2.05, 4.69) is 21.2 Å². The number of halogens is 1. The molecule has 0 unspecified atom stereocenters. The van der Waals surface area contributed by atoms with Crippen molar-refractivity contribution in [2.24, 2.45) is 0 Å².